The van der Waals surface area contributed by atoms with Gasteiger partial charge in [0, 0.05) is 18.4 Å². The molecule has 2 N–H and O–H groups in total. The van der Waals surface area contributed by atoms with E-state index in [4.69, 9.17) is 17.3 Å². The van der Waals surface area contributed by atoms with Crippen molar-refractivity contribution in [2.75, 3.05) is 0 Å². The van der Waals surface area contributed by atoms with Crippen LogP contribution in [0.25, 0.3) is 5.69 Å². The Balaban J connectivity index is 2.48. The molecule has 4 heteroatoms. The first-order valence-electron chi connectivity index (χ1n) is 5.15. The standard InChI is InChI=1S/C12H14ClN3/c1-8(14)10-3-4-12(11(13)7-10)16-6-5-15-9(16)2/h3-8H,14H2,1-2H3. The topological polar surface area (TPSA) is 43.8 Å². The van der Waals surface area contributed by atoms with Crippen molar-refractivity contribution in [2.45, 2.75) is 19.9 Å². The maximum atomic E-state index is 6.23. The van der Waals surface area contributed by atoms with Crippen LogP contribution in [0.5, 0.6) is 0 Å². The van der Waals surface area contributed by atoms with Gasteiger partial charge in [-0.1, -0.05) is 17.7 Å². The van der Waals surface area contributed by atoms with Crippen LogP contribution in [0.15, 0.2) is 30.6 Å². The third-order valence-electron chi connectivity index (χ3n) is 2.58. The molecule has 1 atom stereocenters. The molecular weight excluding hydrogens is 222 g/mol. The number of benzene rings is 1. The van der Waals surface area contributed by atoms with Gasteiger partial charge in [0.25, 0.3) is 0 Å². The van der Waals surface area contributed by atoms with Crippen molar-refractivity contribution in [1.29, 1.82) is 0 Å². The van der Waals surface area contributed by atoms with Gasteiger partial charge in [-0.25, -0.2) is 4.98 Å². The van der Waals surface area contributed by atoms with Gasteiger partial charge in [-0.2, -0.15) is 0 Å². The predicted octanol–water partition coefficient (Wildman–Crippen LogP) is 2.85. The Hall–Kier alpha value is -1.32. The van der Waals surface area contributed by atoms with Gasteiger partial charge in [0.05, 0.1) is 10.7 Å². The summed E-state index contributed by atoms with van der Waals surface area (Å²) in [4.78, 5) is 4.17. The van der Waals surface area contributed by atoms with Gasteiger partial charge in [0.2, 0.25) is 0 Å². The Labute approximate surface area is 99.9 Å². The summed E-state index contributed by atoms with van der Waals surface area (Å²) in [6.45, 7) is 3.88. The van der Waals surface area contributed by atoms with E-state index in [9.17, 15) is 0 Å². The minimum absolute atomic E-state index is 0.00423. The van der Waals surface area contributed by atoms with Crippen molar-refractivity contribution in [3.63, 3.8) is 0 Å². The lowest BCUT2D eigenvalue weighted by Gasteiger charge is -2.11. The number of imidazole rings is 1. The van der Waals surface area contributed by atoms with Crippen LogP contribution in [0.2, 0.25) is 5.02 Å². The van der Waals surface area contributed by atoms with Crippen LogP contribution in [-0.2, 0) is 0 Å². The highest BCUT2D eigenvalue weighted by molar-refractivity contribution is 6.32. The van der Waals surface area contributed by atoms with Crippen LogP contribution in [0.3, 0.4) is 0 Å². The second kappa shape index (κ2) is 4.28. The highest BCUT2D eigenvalue weighted by atomic mass is 35.5. The highest BCUT2D eigenvalue weighted by Gasteiger charge is 2.07. The maximum absolute atomic E-state index is 6.23. The van der Waals surface area contributed by atoms with Crippen molar-refractivity contribution >= 4 is 11.6 Å². The number of aromatic nitrogens is 2. The molecule has 0 radical (unpaired) electrons. The van der Waals surface area contributed by atoms with E-state index in [0.29, 0.717) is 5.02 Å². The Morgan fingerprint density at radius 3 is 2.69 bits per heavy atom. The summed E-state index contributed by atoms with van der Waals surface area (Å²) in [5.74, 6) is 0.912. The highest BCUT2D eigenvalue weighted by Crippen LogP contribution is 2.24. The van der Waals surface area contributed by atoms with Crippen LogP contribution < -0.4 is 5.73 Å². The lowest BCUT2D eigenvalue weighted by atomic mass is 10.1. The van der Waals surface area contributed by atoms with Crippen LogP contribution in [0.1, 0.15) is 24.4 Å². The molecule has 0 bridgehead atoms. The van der Waals surface area contributed by atoms with E-state index in [2.05, 4.69) is 4.98 Å². The minimum Gasteiger partial charge on any atom is -0.324 e. The Morgan fingerprint density at radius 1 is 1.44 bits per heavy atom. The van der Waals surface area contributed by atoms with Gasteiger partial charge in [-0.05, 0) is 31.5 Å². The molecule has 0 aliphatic heterocycles. The van der Waals surface area contributed by atoms with E-state index in [1.165, 1.54) is 0 Å². The molecule has 0 aliphatic rings. The lowest BCUT2D eigenvalue weighted by molar-refractivity contribution is 0.817. The van der Waals surface area contributed by atoms with E-state index < -0.39 is 0 Å². The SMILES string of the molecule is Cc1nccn1-c1ccc(C(C)N)cc1Cl. The summed E-state index contributed by atoms with van der Waals surface area (Å²) in [6, 6.07) is 5.86. The molecule has 0 amide bonds. The van der Waals surface area contributed by atoms with E-state index >= 15 is 0 Å². The number of aryl methyl sites for hydroxylation is 1. The number of hydrogen-bond donors (Lipinski definition) is 1. The van der Waals surface area contributed by atoms with Crippen LogP contribution in [-0.4, -0.2) is 9.55 Å². The second-order valence-electron chi connectivity index (χ2n) is 3.84. The van der Waals surface area contributed by atoms with Gasteiger partial charge >= 0.3 is 0 Å². The monoisotopic (exact) mass is 235 g/mol. The van der Waals surface area contributed by atoms with Gasteiger partial charge in [-0.3, -0.25) is 0 Å². The van der Waals surface area contributed by atoms with Crippen molar-refractivity contribution in [1.82, 2.24) is 9.55 Å². The van der Waals surface area contributed by atoms with Crippen molar-refractivity contribution < 1.29 is 0 Å². The summed E-state index contributed by atoms with van der Waals surface area (Å²) in [5, 5.41) is 0.691. The first kappa shape index (κ1) is 11.2. The molecule has 1 unspecified atom stereocenters. The van der Waals surface area contributed by atoms with Crippen molar-refractivity contribution in [3.05, 3.63) is 47.0 Å². The first-order chi connectivity index (χ1) is 7.59. The molecule has 3 nitrogen and oxygen atoms in total. The van der Waals surface area contributed by atoms with Crippen LogP contribution >= 0.6 is 11.6 Å². The molecule has 84 valence electrons. The summed E-state index contributed by atoms with van der Waals surface area (Å²) in [5.41, 5.74) is 7.77. The van der Waals surface area contributed by atoms with Gasteiger partial charge < -0.3 is 10.3 Å². The van der Waals surface area contributed by atoms with E-state index in [-0.39, 0.29) is 6.04 Å². The number of hydrogen-bond acceptors (Lipinski definition) is 2. The molecule has 0 fully saturated rings. The molecule has 0 saturated carbocycles. The van der Waals surface area contributed by atoms with Crippen molar-refractivity contribution in [2.24, 2.45) is 5.73 Å². The minimum atomic E-state index is -0.00423. The Bertz CT molecular complexity index is 503. The zero-order chi connectivity index (χ0) is 11.7. The third-order valence-corrected chi connectivity index (χ3v) is 2.89. The molecular formula is C12H14ClN3. The molecule has 2 rings (SSSR count). The maximum Gasteiger partial charge on any atom is 0.110 e. The fraction of sp³-hybridized carbons (Fsp3) is 0.250. The Morgan fingerprint density at radius 2 is 2.19 bits per heavy atom. The third kappa shape index (κ3) is 1.96. The molecule has 1 heterocycles. The molecule has 1 aromatic heterocycles. The van der Waals surface area contributed by atoms with E-state index in [0.717, 1.165) is 17.1 Å². The normalized spacial score (nSPS) is 12.8. The van der Waals surface area contributed by atoms with Gasteiger partial charge in [0.1, 0.15) is 5.82 Å². The van der Waals surface area contributed by atoms with Gasteiger partial charge in [-0.15, -0.1) is 0 Å². The number of nitrogens with zero attached hydrogens (tertiary/aromatic N) is 2. The molecule has 16 heavy (non-hydrogen) atoms. The van der Waals surface area contributed by atoms with E-state index in [1.54, 1.807) is 6.20 Å². The number of rotatable bonds is 2. The Kier molecular flexibility index (Phi) is 2.99. The van der Waals surface area contributed by atoms with E-state index in [1.807, 2.05) is 42.8 Å². The van der Waals surface area contributed by atoms with Crippen LogP contribution in [0.4, 0.5) is 0 Å². The average molecular weight is 236 g/mol. The predicted molar refractivity (Wildman–Crippen MR) is 65.9 cm³/mol. The smallest absolute Gasteiger partial charge is 0.110 e. The summed E-state index contributed by atoms with van der Waals surface area (Å²) >= 11 is 6.23. The van der Waals surface area contributed by atoms with Gasteiger partial charge in [0.15, 0.2) is 0 Å². The number of halogens is 1. The molecule has 1 aromatic carbocycles. The second-order valence-corrected chi connectivity index (χ2v) is 4.25. The summed E-state index contributed by atoms with van der Waals surface area (Å²) in [6.07, 6.45) is 3.65. The zero-order valence-corrected chi connectivity index (χ0v) is 10.1. The first-order valence-corrected chi connectivity index (χ1v) is 5.52. The summed E-state index contributed by atoms with van der Waals surface area (Å²) < 4.78 is 1.95. The fourth-order valence-corrected chi connectivity index (χ4v) is 1.91. The molecule has 2 aromatic rings. The number of nitrogens with two attached hydrogens (primary N) is 1. The fourth-order valence-electron chi connectivity index (χ4n) is 1.63. The molecule has 0 aliphatic carbocycles. The molecule has 0 spiro atoms. The largest absolute Gasteiger partial charge is 0.324 e. The van der Waals surface area contributed by atoms with Crippen LogP contribution in [0, 0.1) is 6.92 Å². The zero-order valence-electron chi connectivity index (χ0n) is 9.31. The molecule has 0 saturated heterocycles. The summed E-state index contributed by atoms with van der Waals surface area (Å²) in [7, 11) is 0. The van der Waals surface area contributed by atoms with Crippen molar-refractivity contribution in [3.8, 4) is 5.69 Å². The average Bonchev–Trinajstić information content (AvgIpc) is 2.64. The quantitative estimate of drug-likeness (QED) is 0.870. The lowest BCUT2D eigenvalue weighted by Crippen LogP contribution is -2.05.